The molecule has 4 nitrogen and oxygen atoms in total. The monoisotopic (exact) mass is 251 g/mol. The molecule has 102 valence electrons. The van der Waals surface area contributed by atoms with E-state index in [0.29, 0.717) is 6.04 Å². The molecule has 0 saturated heterocycles. The van der Waals surface area contributed by atoms with Crippen LogP contribution in [-0.4, -0.2) is 28.0 Å². The highest BCUT2D eigenvalue weighted by atomic mass is 16.3. The fraction of sp³-hybridized carbons (Fsp3) is 0.786. The lowest BCUT2D eigenvalue weighted by atomic mass is 9.86. The van der Waals surface area contributed by atoms with Crippen LogP contribution < -0.4 is 4.90 Å². The first-order valence-electron chi connectivity index (χ1n) is 6.90. The van der Waals surface area contributed by atoms with Crippen molar-refractivity contribution in [3.8, 4) is 0 Å². The Morgan fingerprint density at radius 3 is 2.50 bits per heavy atom. The molecule has 1 aromatic heterocycles. The van der Waals surface area contributed by atoms with Crippen LogP contribution in [0.2, 0.25) is 0 Å². The molecule has 0 aromatic carbocycles. The maximum absolute atomic E-state index is 9.52. The van der Waals surface area contributed by atoms with Crippen LogP contribution in [0.3, 0.4) is 0 Å². The first-order valence-corrected chi connectivity index (χ1v) is 6.90. The molecular formula is C14H25N3O. The second-order valence-corrected chi connectivity index (χ2v) is 5.69. The number of aryl methyl sites for hydroxylation is 2. The Balaban J connectivity index is 2.20. The van der Waals surface area contributed by atoms with Crippen LogP contribution in [0.15, 0.2) is 0 Å². The molecular weight excluding hydrogens is 226 g/mol. The molecule has 0 atom stereocenters. The standard InChI is InChI=1S/C14H25N3O/c1-10-5-7-12(8-6-10)16(3)14-13(9-18)11(2)15-17(14)4/h10,12,18H,5-9H2,1-4H3. The smallest absolute Gasteiger partial charge is 0.132 e. The summed E-state index contributed by atoms with van der Waals surface area (Å²) in [5.74, 6) is 1.94. The lowest BCUT2D eigenvalue weighted by Gasteiger charge is -2.35. The van der Waals surface area contributed by atoms with Crippen molar-refractivity contribution in [2.45, 2.75) is 52.2 Å². The molecule has 1 N–H and O–H groups in total. The molecule has 1 aromatic rings. The molecule has 1 saturated carbocycles. The van der Waals surface area contributed by atoms with Gasteiger partial charge in [0.2, 0.25) is 0 Å². The normalized spacial score (nSPS) is 24.3. The third-order valence-electron chi connectivity index (χ3n) is 4.34. The fourth-order valence-electron chi connectivity index (χ4n) is 3.12. The van der Waals surface area contributed by atoms with Crippen LogP contribution in [0.4, 0.5) is 5.82 Å². The molecule has 0 radical (unpaired) electrons. The Labute approximate surface area is 110 Å². The van der Waals surface area contributed by atoms with E-state index in [1.165, 1.54) is 25.7 Å². The fourth-order valence-corrected chi connectivity index (χ4v) is 3.12. The summed E-state index contributed by atoms with van der Waals surface area (Å²) in [6.45, 7) is 4.37. The molecule has 2 rings (SSSR count). The van der Waals surface area contributed by atoms with Gasteiger partial charge in [-0.2, -0.15) is 5.10 Å². The van der Waals surface area contributed by atoms with Gasteiger partial charge >= 0.3 is 0 Å². The van der Waals surface area contributed by atoms with Crippen molar-refractivity contribution >= 4 is 5.82 Å². The van der Waals surface area contributed by atoms with Gasteiger partial charge in [-0.15, -0.1) is 0 Å². The minimum atomic E-state index is 0.0719. The third-order valence-corrected chi connectivity index (χ3v) is 4.34. The third kappa shape index (κ3) is 2.39. The lowest BCUT2D eigenvalue weighted by molar-refractivity contribution is 0.280. The van der Waals surface area contributed by atoms with Gasteiger partial charge in [0.05, 0.1) is 12.3 Å². The SMILES string of the molecule is Cc1nn(C)c(N(C)C2CCC(C)CC2)c1CO. The minimum absolute atomic E-state index is 0.0719. The molecule has 0 bridgehead atoms. The Hall–Kier alpha value is -1.03. The van der Waals surface area contributed by atoms with Gasteiger partial charge in [0, 0.05) is 25.7 Å². The molecule has 0 spiro atoms. The van der Waals surface area contributed by atoms with Crippen molar-refractivity contribution in [1.82, 2.24) is 9.78 Å². The van der Waals surface area contributed by atoms with Crippen LogP contribution in [-0.2, 0) is 13.7 Å². The summed E-state index contributed by atoms with van der Waals surface area (Å²) < 4.78 is 1.90. The van der Waals surface area contributed by atoms with Crippen molar-refractivity contribution in [1.29, 1.82) is 0 Å². The summed E-state index contributed by atoms with van der Waals surface area (Å²) in [6.07, 6.45) is 5.10. The largest absolute Gasteiger partial charge is 0.391 e. The minimum Gasteiger partial charge on any atom is -0.391 e. The average molecular weight is 251 g/mol. The van der Waals surface area contributed by atoms with Crippen LogP contribution in [0, 0.1) is 12.8 Å². The zero-order valence-electron chi connectivity index (χ0n) is 12.0. The number of nitrogens with zero attached hydrogens (tertiary/aromatic N) is 3. The van der Waals surface area contributed by atoms with Gasteiger partial charge in [-0.05, 0) is 38.5 Å². The summed E-state index contributed by atoms with van der Waals surface area (Å²) in [4.78, 5) is 2.32. The highest BCUT2D eigenvalue weighted by Crippen LogP contribution is 2.31. The van der Waals surface area contributed by atoms with Crippen molar-refractivity contribution in [2.75, 3.05) is 11.9 Å². The van der Waals surface area contributed by atoms with Crippen molar-refractivity contribution in [3.63, 3.8) is 0 Å². The molecule has 1 heterocycles. The van der Waals surface area contributed by atoms with Gasteiger partial charge in [-0.3, -0.25) is 4.68 Å². The van der Waals surface area contributed by atoms with E-state index >= 15 is 0 Å². The van der Waals surface area contributed by atoms with Crippen LogP contribution in [0.5, 0.6) is 0 Å². The summed E-state index contributed by atoms with van der Waals surface area (Å²) in [7, 11) is 4.10. The summed E-state index contributed by atoms with van der Waals surface area (Å²) in [5.41, 5.74) is 1.91. The highest BCUT2D eigenvalue weighted by Gasteiger charge is 2.25. The van der Waals surface area contributed by atoms with E-state index in [9.17, 15) is 5.11 Å². The van der Waals surface area contributed by atoms with Gasteiger partial charge < -0.3 is 10.0 Å². The maximum Gasteiger partial charge on any atom is 0.132 e. The number of anilines is 1. The van der Waals surface area contributed by atoms with Crippen molar-refractivity contribution in [3.05, 3.63) is 11.3 Å². The van der Waals surface area contributed by atoms with Gasteiger partial charge in [0.25, 0.3) is 0 Å². The molecule has 1 aliphatic carbocycles. The first-order chi connectivity index (χ1) is 8.54. The Morgan fingerprint density at radius 1 is 1.33 bits per heavy atom. The van der Waals surface area contributed by atoms with Crippen LogP contribution in [0.25, 0.3) is 0 Å². The topological polar surface area (TPSA) is 41.3 Å². The van der Waals surface area contributed by atoms with Gasteiger partial charge in [-0.25, -0.2) is 0 Å². The molecule has 4 heteroatoms. The molecule has 18 heavy (non-hydrogen) atoms. The maximum atomic E-state index is 9.52. The molecule has 0 aliphatic heterocycles. The Bertz CT molecular complexity index is 405. The van der Waals surface area contributed by atoms with E-state index in [2.05, 4.69) is 24.0 Å². The molecule has 1 aliphatic rings. The van der Waals surface area contributed by atoms with Gasteiger partial charge in [0.1, 0.15) is 5.82 Å². The molecule has 1 fully saturated rings. The van der Waals surface area contributed by atoms with Crippen LogP contribution >= 0.6 is 0 Å². The number of rotatable bonds is 3. The van der Waals surface area contributed by atoms with E-state index in [4.69, 9.17) is 0 Å². The second-order valence-electron chi connectivity index (χ2n) is 5.69. The van der Waals surface area contributed by atoms with E-state index in [1.54, 1.807) is 0 Å². The van der Waals surface area contributed by atoms with E-state index in [1.807, 2.05) is 18.7 Å². The predicted octanol–water partition coefficient (Wildman–Crippen LogP) is 2.24. The number of aromatic nitrogens is 2. The number of hydrogen-bond acceptors (Lipinski definition) is 3. The zero-order chi connectivity index (χ0) is 13.3. The van der Waals surface area contributed by atoms with Gasteiger partial charge in [-0.1, -0.05) is 6.92 Å². The van der Waals surface area contributed by atoms with E-state index in [-0.39, 0.29) is 6.61 Å². The number of aliphatic hydroxyl groups excluding tert-OH is 1. The quantitative estimate of drug-likeness (QED) is 0.895. The first kappa shape index (κ1) is 13.4. The molecule has 0 amide bonds. The average Bonchev–Trinajstić information content (AvgIpc) is 2.63. The second kappa shape index (κ2) is 5.31. The van der Waals surface area contributed by atoms with E-state index < -0.39 is 0 Å². The lowest BCUT2D eigenvalue weighted by Crippen LogP contribution is -2.36. The summed E-state index contributed by atoms with van der Waals surface area (Å²) >= 11 is 0. The summed E-state index contributed by atoms with van der Waals surface area (Å²) in [6, 6.07) is 0.585. The van der Waals surface area contributed by atoms with Crippen LogP contribution in [0.1, 0.15) is 43.9 Å². The number of aliphatic hydroxyl groups is 1. The van der Waals surface area contributed by atoms with Crippen molar-refractivity contribution < 1.29 is 5.11 Å². The predicted molar refractivity (Wildman–Crippen MR) is 73.7 cm³/mol. The number of hydrogen-bond donors (Lipinski definition) is 1. The zero-order valence-corrected chi connectivity index (χ0v) is 12.0. The van der Waals surface area contributed by atoms with Gasteiger partial charge in [0.15, 0.2) is 0 Å². The van der Waals surface area contributed by atoms with Crippen molar-refractivity contribution in [2.24, 2.45) is 13.0 Å². The molecule has 0 unspecified atom stereocenters. The Morgan fingerprint density at radius 2 is 1.94 bits per heavy atom. The summed E-state index contributed by atoms with van der Waals surface area (Å²) in [5, 5.41) is 13.9. The highest BCUT2D eigenvalue weighted by molar-refractivity contribution is 5.50. The Kier molecular flexibility index (Phi) is 3.95. The van der Waals surface area contributed by atoms with E-state index in [0.717, 1.165) is 23.0 Å².